The van der Waals surface area contributed by atoms with Crippen LogP contribution >= 0.6 is 35.6 Å². The van der Waals surface area contributed by atoms with Gasteiger partial charge in [-0.15, -0.1) is 24.0 Å². The second-order valence-corrected chi connectivity index (χ2v) is 8.58. The number of nitrogens with zero attached hydrogens (tertiary/aromatic N) is 5. The van der Waals surface area contributed by atoms with E-state index in [2.05, 4.69) is 21.5 Å². The summed E-state index contributed by atoms with van der Waals surface area (Å²) in [4.78, 5) is 21.1. The minimum atomic E-state index is -0.0827. The number of aliphatic imine (C=N–C) groups is 1. The zero-order chi connectivity index (χ0) is 21.8. The van der Waals surface area contributed by atoms with Gasteiger partial charge in [-0.25, -0.2) is 0 Å². The largest absolute Gasteiger partial charge is 0.381 e. The van der Waals surface area contributed by atoms with Crippen molar-refractivity contribution >= 4 is 53.1 Å². The average Bonchev–Trinajstić information content (AvgIpc) is 3.21. The normalized spacial score (nSPS) is 19.0. The van der Waals surface area contributed by atoms with E-state index in [0.717, 1.165) is 42.7 Å². The van der Waals surface area contributed by atoms with Crippen LogP contribution in [0.4, 0.5) is 5.69 Å². The Kier molecular flexibility index (Phi) is 8.40. The van der Waals surface area contributed by atoms with Crippen molar-refractivity contribution in [3.63, 3.8) is 0 Å². The van der Waals surface area contributed by atoms with Crippen molar-refractivity contribution in [2.75, 3.05) is 51.3 Å². The third kappa shape index (κ3) is 5.37. The van der Waals surface area contributed by atoms with Crippen LogP contribution in [0.25, 0.3) is 0 Å². The van der Waals surface area contributed by atoms with E-state index in [1.54, 1.807) is 22.8 Å². The maximum Gasteiger partial charge on any atom is 0.246 e. The van der Waals surface area contributed by atoms with Crippen LogP contribution in [-0.4, -0.2) is 73.0 Å². The van der Waals surface area contributed by atoms with Gasteiger partial charge < -0.3 is 19.9 Å². The fourth-order valence-corrected chi connectivity index (χ4v) is 4.59. The fraction of sp³-hybridized carbons (Fsp3) is 0.500. The summed E-state index contributed by atoms with van der Waals surface area (Å²) in [6.45, 7) is 3.72. The van der Waals surface area contributed by atoms with E-state index in [4.69, 9.17) is 16.3 Å². The van der Waals surface area contributed by atoms with Crippen molar-refractivity contribution in [1.29, 1.82) is 0 Å². The Morgan fingerprint density at radius 1 is 1.31 bits per heavy atom. The molecule has 0 atom stereocenters. The molecule has 4 rings (SSSR count). The fourth-order valence-electron chi connectivity index (χ4n) is 4.40. The smallest absolute Gasteiger partial charge is 0.246 e. The SMILES string of the molecule is CN=C(NCC1(c2cccc(Cl)c2)CCOCC1)N1CCN(c2cnn(C)c2)C(=O)C1.I. The summed E-state index contributed by atoms with van der Waals surface area (Å²) in [6, 6.07) is 8.09. The summed E-state index contributed by atoms with van der Waals surface area (Å²) in [6.07, 6.45) is 5.40. The second-order valence-electron chi connectivity index (χ2n) is 8.14. The van der Waals surface area contributed by atoms with Gasteiger partial charge in [-0.1, -0.05) is 23.7 Å². The predicted octanol–water partition coefficient (Wildman–Crippen LogP) is 2.66. The van der Waals surface area contributed by atoms with E-state index in [-0.39, 0.29) is 41.8 Å². The summed E-state index contributed by atoms with van der Waals surface area (Å²) in [5.74, 6) is 0.782. The van der Waals surface area contributed by atoms with Gasteiger partial charge in [-0.05, 0) is 30.5 Å². The first-order valence-electron chi connectivity index (χ1n) is 10.6. The molecule has 1 amide bonds. The highest BCUT2D eigenvalue weighted by Crippen LogP contribution is 2.35. The molecule has 2 aliphatic rings. The zero-order valence-electron chi connectivity index (χ0n) is 18.5. The maximum absolute atomic E-state index is 12.8. The molecule has 0 unspecified atom stereocenters. The number of aromatic nitrogens is 2. The van der Waals surface area contributed by atoms with Crippen LogP contribution in [0.2, 0.25) is 5.02 Å². The average molecular weight is 573 g/mol. The Morgan fingerprint density at radius 2 is 2.09 bits per heavy atom. The molecule has 0 aliphatic carbocycles. The van der Waals surface area contributed by atoms with E-state index in [1.165, 1.54) is 5.56 Å². The zero-order valence-corrected chi connectivity index (χ0v) is 21.5. The van der Waals surface area contributed by atoms with Gasteiger partial charge in [0.15, 0.2) is 5.96 Å². The number of amides is 1. The number of guanidine groups is 1. The highest BCUT2D eigenvalue weighted by Gasteiger charge is 2.36. The molecule has 8 nitrogen and oxygen atoms in total. The van der Waals surface area contributed by atoms with Crippen molar-refractivity contribution in [1.82, 2.24) is 20.0 Å². The first kappa shape index (κ1) is 24.8. The molecule has 2 aliphatic heterocycles. The molecular formula is C22H30ClIN6O2. The van der Waals surface area contributed by atoms with Gasteiger partial charge in [-0.3, -0.25) is 14.5 Å². The van der Waals surface area contributed by atoms with Crippen molar-refractivity contribution in [2.24, 2.45) is 12.0 Å². The molecule has 3 heterocycles. The standard InChI is InChI=1S/C22H29ClN6O2.HI/c1-24-21(28-8-9-29(20(30)15-28)19-13-26-27(2)14-19)25-16-22(6-10-31-11-7-22)17-4-3-5-18(23)12-17;/h3-5,12-14H,6-11,15-16H2,1-2H3,(H,24,25);1H. The summed E-state index contributed by atoms with van der Waals surface area (Å²) < 4.78 is 7.34. The van der Waals surface area contributed by atoms with Crippen LogP contribution in [0.15, 0.2) is 41.7 Å². The number of rotatable bonds is 4. The second kappa shape index (κ2) is 10.8. The molecule has 174 valence electrons. The minimum Gasteiger partial charge on any atom is -0.381 e. The molecule has 32 heavy (non-hydrogen) atoms. The quantitative estimate of drug-likeness (QED) is 0.347. The van der Waals surface area contributed by atoms with Gasteiger partial charge in [0.05, 0.1) is 11.9 Å². The van der Waals surface area contributed by atoms with Gasteiger partial charge in [0.1, 0.15) is 6.54 Å². The lowest BCUT2D eigenvalue weighted by molar-refractivity contribution is -0.120. The molecular weight excluding hydrogens is 543 g/mol. The molecule has 10 heteroatoms. The van der Waals surface area contributed by atoms with Crippen molar-refractivity contribution in [3.8, 4) is 0 Å². The van der Waals surface area contributed by atoms with E-state index in [1.807, 2.05) is 36.3 Å². The molecule has 2 aromatic rings. The number of aryl methyl sites for hydroxylation is 1. The molecule has 1 aromatic heterocycles. The Labute approximate surface area is 211 Å². The number of ether oxygens (including phenoxy) is 1. The van der Waals surface area contributed by atoms with Crippen LogP contribution in [0.3, 0.4) is 0 Å². The number of benzene rings is 1. The molecule has 1 aromatic carbocycles. The Morgan fingerprint density at radius 3 is 2.72 bits per heavy atom. The van der Waals surface area contributed by atoms with Gasteiger partial charge in [-0.2, -0.15) is 5.10 Å². The van der Waals surface area contributed by atoms with Crippen LogP contribution in [0.1, 0.15) is 18.4 Å². The van der Waals surface area contributed by atoms with Crippen molar-refractivity contribution in [3.05, 3.63) is 47.2 Å². The number of hydrogen-bond acceptors (Lipinski definition) is 4. The van der Waals surface area contributed by atoms with Gasteiger partial charge in [0, 0.05) is 63.6 Å². The number of piperazine rings is 1. The topological polar surface area (TPSA) is 75.0 Å². The minimum absolute atomic E-state index is 0. The number of hydrogen-bond donors (Lipinski definition) is 1. The Bertz CT molecular complexity index is 959. The molecule has 0 radical (unpaired) electrons. The lowest BCUT2D eigenvalue weighted by Gasteiger charge is -2.40. The van der Waals surface area contributed by atoms with E-state index < -0.39 is 0 Å². The van der Waals surface area contributed by atoms with Gasteiger partial charge >= 0.3 is 0 Å². The molecule has 2 fully saturated rings. The van der Waals surface area contributed by atoms with E-state index >= 15 is 0 Å². The molecule has 0 bridgehead atoms. The van der Waals surface area contributed by atoms with Crippen LogP contribution in [-0.2, 0) is 22.0 Å². The third-order valence-corrected chi connectivity index (χ3v) is 6.44. The first-order chi connectivity index (χ1) is 15.0. The Hall–Kier alpha value is -1.85. The first-order valence-corrected chi connectivity index (χ1v) is 11.0. The summed E-state index contributed by atoms with van der Waals surface area (Å²) >= 11 is 6.29. The summed E-state index contributed by atoms with van der Waals surface area (Å²) in [5, 5.41) is 8.45. The van der Waals surface area contributed by atoms with Crippen LogP contribution in [0.5, 0.6) is 0 Å². The number of carbonyl (C=O) groups excluding carboxylic acids is 1. The highest BCUT2D eigenvalue weighted by molar-refractivity contribution is 14.0. The number of halogens is 2. The van der Waals surface area contributed by atoms with Crippen LogP contribution in [0, 0.1) is 0 Å². The molecule has 2 saturated heterocycles. The lowest BCUT2D eigenvalue weighted by Crippen LogP contribution is -2.57. The molecule has 1 N–H and O–H groups in total. The highest BCUT2D eigenvalue weighted by atomic mass is 127. The van der Waals surface area contributed by atoms with Crippen molar-refractivity contribution in [2.45, 2.75) is 18.3 Å². The van der Waals surface area contributed by atoms with Crippen molar-refractivity contribution < 1.29 is 9.53 Å². The lowest BCUT2D eigenvalue weighted by atomic mass is 9.74. The molecule has 0 saturated carbocycles. The number of nitrogens with one attached hydrogen (secondary N) is 1. The monoisotopic (exact) mass is 572 g/mol. The summed E-state index contributed by atoms with van der Waals surface area (Å²) in [7, 11) is 3.61. The summed E-state index contributed by atoms with van der Waals surface area (Å²) in [5.41, 5.74) is 1.96. The van der Waals surface area contributed by atoms with Gasteiger partial charge in [0.2, 0.25) is 5.91 Å². The molecule has 0 spiro atoms. The van der Waals surface area contributed by atoms with E-state index in [0.29, 0.717) is 19.6 Å². The number of anilines is 1. The van der Waals surface area contributed by atoms with Crippen LogP contribution < -0.4 is 10.2 Å². The number of carbonyl (C=O) groups is 1. The maximum atomic E-state index is 12.8. The predicted molar refractivity (Wildman–Crippen MR) is 137 cm³/mol. The Balaban J connectivity index is 0.00000289. The van der Waals surface area contributed by atoms with Gasteiger partial charge in [0.25, 0.3) is 0 Å². The third-order valence-electron chi connectivity index (χ3n) is 6.21. The van der Waals surface area contributed by atoms with E-state index in [9.17, 15) is 4.79 Å².